The van der Waals surface area contributed by atoms with Crippen molar-refractivity contribution in [2.24, 2.45) is 0 Å². The SMILES string of the molecule is COCCOCCOCCSc1cc(OC)ccc1N. The van der Waals surface area contributed by atoms with E-state index in [1.54, 1.807) is 26.0 Å². The Labute approximate surface area is 124 Å². The van der Waals surface area contributed by atoms with Crippen molar-refractivity contribution in [1.29, 1.82) is 0 Å². The van der Waals surface area contributed by atoms with Crippen LogP contribution in [0.4, 0.5) is 5.69 Å². The first kappa shape index (κ1) is 17.1. The third kappa shape index (κ3) is 7.00. The molecule has 0 heterocycles. The van der Waals surface area contributed by atoms with Crippen LogP contribution in [0.15, 0.2) is 23.1 Å². The predicted molar refractivity (Wildman–Crippen MR) is 81.6 cm³/mol. The van der Waals surface area contributed by atoms with E-state index < -0.39 is 0 Å². The molecule has 0 fully saturated rings. The van der Waals surface area contributed by atoms with Gasteiger partial charge in [0.25, 0.3) is 0 Å². The molecular weight excluding hydrogens is 278 g/mol. The van der Waals surface area contributed by atoms with Gasteiger partial charge in [-0.3, -0.25) is 0 Å². The molecule has 0 unspecified atom stereocenters. The first-order valence-corrected chi connectivity index (χ1v) is 7.47. The van der Waals surface area contributed by atoms with Crippen LogP contribution in [0.1, 0.15) is 0 Å². The molecule has 1 aromatic rings. The Morgan fingerprint density at radius 2 is 1.70 bits per heavy atom. The molecule has 0 aliphatic carbocycles. The minimum absolute atomic E-state index is 0.593. The highest BCUT2D eigenvalue weighted by atomic mass is 32.2. The van der Waals surface area contributed by atoms with Crippen molar-refractivity contribution >= 4 is 17.4 Å². The van der Waals surface area contributed by atoms with Gasteiger partial charge in [-0.15, -0.1) is 11.8 Å². The standard InChI is InChI=1S/C14H23NO4S/c1-16-5-6-18-7-8-19-9-10-20-14-11-12(17-2)3-4-13(14)15/h3-4,11H,5-10,15H2,1-2H3. The van der Waals surface area contributed by atoms with E-state index in [9.17, 15) is 0 Å². The summed E-state index contributed by atoms with van der Waals surface area (Å²) in [7, 11) is 3.30. The number of nitrogens with two attached hydrogens (primary N) is 1. The maximum atomic E-state index is 5.90. The molecule has 1 rings (SSSR count). The Balaban J connectivity index is 2.09. The third-order valence-corrected chi connectivity index (χ3v) is 3.55. The van der Waals surface area contributed by atoms with Gasteiger partial charge in [0.2, 0.25) is 0 Å². The molecule has 0 saturated heterocycles. The summed E-state index contributed by atoms with van der Waals surface area (Å²) in [6.07, 6.45) is 0. The number of benzene rings is 1. The molecule has 5 nitrogen and oxygen atoms in total. The van der Waals surface area contributed by atoms with Crippen molar-refractivity contribution in [1.82, 2.24) is 0 Å². The van der Waals surface area contributed by atoms with Crippen molar-refractivity contribution in [3.8, 4) is 5.75 Å². The van der Waals surface area contributed by atoms with Crippen LogP contribution in [0, 0.1) is 0 Å². The number of anilines is 1. The van der Waals surface area contributed by atoms with E-state index in [1.165, 1.54) is 0 Å². The smallest absolute Gasteiger partial charge is 0.120 e. The maximum Gasteiger partial charge on any atom is 0.120 e. The van der Waals surface area contributed by atoms with Gasteiger partial charge < -0.3 is 24.7 Å². The zero-order valence-electron chi connectivity index (χ0n) is 12.1. The summed E-state index contributed by atoms with van der Waals surface area (Å²) in [6.45, 7) is 3.07. The summed E-state index contributed by atoms with van der Waals surface area (Å²) < 4.78 is 20.8. The van der Waals surface area contributed by atoms with Crippen molar-refractivity contribution in [2.75, 3.05) is 58.7 Å². The average Bonchev–Trinajstić information content (AvgIpc) is 2.47. The number of hydrogen-bond acceptors (Lipinski definition) is 6. The van der Waals surface area contributed by atoms with Crippen molar-refractivity contribution in [3.63, 3.8) is 0 Å². The highest BCUT2D eigenvalue weighted by molar-refractivity contribution is 7.99. The molecule has 0 bridgehead atoms. The van der Waals surface area contributed by atoms with Gasteiger partial charge in [0.1, 0.15) is 5.75 Å². The predicted octanol–water partition coefficient (Wildman–Crippen LogP) is 2.05. The molecule has 0 aliphatic heterocycles. The van der Waals surface area contributed by atoms with Gasteiger partial charge in [-0.1, -0.05) is 0 Å². The van der Waals surface area contributed by atoms with Crippen molar-refractivity contribution < 1.29 is 18.9 Å². The van der Waals surface area contributed by atoms with Crippen LogP contribution in [-0.2, 0) is 14.2 Å². The number of thioether (sulfide) groups is 1. The number of ether oxygens (including phenoxy) is 4. The summed E-state index contributed by atoms with van der Waals surface area (Å²) in [6, 6.07) is 5.65. The molecule has 6 heteroatoms. The molecule has 0 aromatic heterocycles. The van der Waals surface area contributed by atoms with E-state index >= 15 is 0 Å². The highest BCUT2D eigenvalue weighted by Crippen LogP contribution is 2.28. The van der Waals surface area contributed by atoms with Crippen LogP contribution in [0.2, 0.25) is 0 Å². The summed E-state index contributed by atoms with van der Waals surface area (Å²) >= 11 is 1.66. The second-order valence-electron chi connectivity index (χ2n) is 3.97. The second kappa shape index (κ2) is 10.8. The summed E-state index contributed by atoms with van der Waals surface area (Å²) in [5, 5.41) is 0. The number of nitrogen functional groups attached to an aromatic ring is 1. The van der Waals surface area contributed by atoms with Crippen LogP contribution in [0.3, 0.4) is 0 Å². The minimum Gasteiger partial charge on any atom is -0.497 e. The van der Waals surface area contributed by atoms with Gasteiger partial charge in [-0.25, -0.2) is 0 Å². The topological polar surface area (TPSA) is 62.9 Å². The normalized spacial score (nSPS) is 10.7. The molecular formula is C14H23NO4S. The Bertz CT molecular complexity index is 376. The summed E-state index contributed by atoms with van der Waals surface area (Å²) in [4.78, 5) is 1.02. The maximum absolute atomic E-state index is 5.90. The largest absolute Gasteiger partial charge is 0.497 e. The monoisotopic (exact) mass is 301 g/mol. The molecule has 1 aromatic carbocycles. The molecule has 114 valence electrons. The van der Waals surface area contributed by atoms with E-state index in [0.717, 1.165) is 22.1 Å². The minimum atomic E-state index is 0.593. The Morgan fingerprint density at radius 3 is 2.40 bits per heavy atom. The zero-order chi connectivity index (χ0) is 14.6. The van der Waals surface area contributed by atoms with Gasteiger partial charge in [-0.2, -0.15) is 0 Å². The van der Waals surface area contributed by atoms with Crippen molar-refractivity contribution in [2.45, 2.75) is 4.90 Å². The molecule has 0 saturated carbocycles. The Kier molecular flexibility index (Phi) is 9.23. The third-order valence-electron chi connectivity index (χ3n) is 2.51. The van der Waals surface area contributed by atoms with E-state index in [-0.39, 0.29) is 0 Å². The lowest BCUT2D eigenvalue weighted by Crippen LogP contribution is -2.09. The van der Waals surface area contributed by atoms with Gasteiger partial charge in [-0.05, 0) is 18.2 Å². The van der Waals surface area contributed by atoms with Crippen LogP contribution in [-0.4, -0.2) is 53.0 Å². The first-order valence-electron chi connectivity index (χ1n) is 6.48. The van der Waals surface area contributed by atoms with E-state index in [1.807, 2.05) is 18.2 Å². The Hall–Kier alpha value is -0.950. The fourth-order valence-electron chi connectivity index (χ4n) is 1.44. The van der Waals surface area contributed by atoms with Gasteiger partial charge in [0.05, 0.1) is 40.1 Å². The molecule has 20 heavy (non-hydrogen) atoms. The number of rotatable bonds is 11. The molecule has 0 aliphatic rings. The van der Waals surface area contributed by atoms with E-state index in [4.69, 9.17) is 24.7 Å². The lowest BCUT2D eigenvalue weighted by Gasteiger charge is -2.08. The van der Waals surface area contributed by atoms with E-state index in [0.29, 0.717) is 33.0 Å². The second-order valence-corrected chi connectivity index (χ2v) is 5.11. The fourth-order valence-corrected chi connectivity index (χ4v) is 2.30. The van der Waals surface area contributed by atoms with Gasteiger partial charge in [0, 0.05) is 23.4 Å². The summed E-state index contributed by atoms with van der Waals surface area (Å²) in [5.41, 5.74) is 6.67. The van der Waals surface area contributed by atoms with Crippen LogP contribution in [0.25, 0.3) is 0 Å². The number of methoxy groups -OCH3 is 2. The van der Waals surface area contributed by atoms with Gasteiger partial charge >= 0.3 is 0 Å². The highest BCUT2D eigenvalue weighted by Gasteiger charge is 2.02. The van der Waals surface area contributed by atoms with Crippen LogP contribution >= 0.6 is 11.8 Å². The zero-order valence-corrected chi connectivity index (χ0v) is 12.9. The lowest BCUT2D eigenvalue weighted by molar-refractivity contribution is 0.0286. The van der Waals surface area contributed by atoms with Crippen LogP contribution in [0.5, 0.6) is 5.75 Å². The molecule has 0 radical (unpaired) electrons. The number of hydrogen-bond donors (Lipinski definition) is 1. The Morgan fingerprint density at radius 1 is 1.00 bits per heavy atom. The summed E-state index contributed by atoms with van der Waals surface area (Å²) in [5.74, 6) is 1.66. The molecule has 0 spiro atoms. The lowest BCUT2D eigenvalue weighted by atomic mass is 10.3. The molecule has 2 N–H and O–H groups in total. The van der Waals surface area contributed by atoms with Gasteiger partial charge in [0.15, 0.2) is 0 Å². The first-order chi connectivity index (χ1) is 9.77. The fraction of sp³-hybridized carbons (Fsp3) is 0.571. The van der Waals surface area contributed by atoms with Crippen LogP contribution < -0.4 is 10.5 Å². The van der Waals surface area contributed by atoms with Crippen molar-refractivity contribution in [3.05, 3.63) is 18.2 Å². The van der Waals surface area contributed by atoms with E-state index in [2.05, 4.69) is 0 Å². The average molecular weight is 301 g/mol. The molecule has 0 atom stereocenters. The molecule has 0 amide bonds. The quantitative estimate of drug-likeness (QED) is 0.383.